The van der Waals surface area contributed by atoms with E-state index in [1.54, 1.807) is 6.20 Å². The number of nitrogens with zero attached hydrogens (tertiary/aromatic N) is 3. The molecule has 23 heavy (non-hydrogen) atoms. The molecule has 124 valence electrons. The van der Waals surface area contributed by atoms with Gasteiger partial charge in [0, 0.05) is 47.9 Å². The molecule has 1 aliphatic heterocycles. The number of aromatic nitrogens is 2. The zero-order valence-corrected chi connectivity index (χ0v) is 14.8. The third kappa shape index (κ3) is 3.04. The van der Waals surface area contributed by atoms with Crippen molar-refractivity contribution < 1.29 is 8.42 Å². The van der Waals surface area contributed by atoms with Crippen molar-refractivity contribution in [3.05, 3.63) is 30.4 Å². The minimum atomic E-state index is -2.94. The first-order valence-corrected chi connectivity index (χ1v) is 10.0. The fourth-order valence-corrected chi connectivity index (χ4v) is 4.53. The van der Waals surface area contributed by atoms with E-state index in [0.29, 0.717) is 5.92 Å². The summed E-state index contributed by atoms with van der Waals surface area (Å²) in [5.41, 5.74) is 2.13. The van der Waals surface area contributed by atoms with Crippen molar-refractivity contribution in [1.82, 2.24) is 9.97 Å². The summed E-state index contributed by atoms with van der Waals surface area (Å²) in [4.78, 5) is 11.2. The maximum absolute atomic E-state index is 11.5. The Labute approximate surface area is 137 Å². The van der Waals surface area contributed by atoms with Crippen LogP contribution in [0.25, 0.3) is 10.8 Å². The van der Waals surface area contributed by atoms with E-state index >= 15 is 0 Å². The summed E-state index contributed by atoms with van der Waals surface area (Å²) in [5.74, 6) is 0.778. The molecule has 3 heterocycles. The minimum absolute atomic E-state index is 0.182. The Morgan fingerprint density at radius 3 is 2.65 bits per heavy atom. The molecular formula is C17H23N3O2S. The molecule has 0 aliphatic carbocycles. The summed E-state index contributed by atoms with van der Waals surface area (Å²) in [6, 6.07) is 2.21. The van der Waals surface area contributed by atoms with E-state index in [1.807, 2.05) is 18.5 Å². The van der Waals surface area contributed by atoms with Gasteiger partial charge in [0.15, 0.2) is 0 Å². The molecule has 0 radical (unpaired) electrons. The minimum Gasteiger partial charge on any atom is -0.366 e. The van der Waals surface area contributed by atoms with Crippen molar-refractivity contribution >= 4 is 26.3 Å². The number of sulfone groups is 1. The first-order chi connectivity index (χ1) is 10.8. The van der Waals surface area contributed by atoms with Crippen LogP contribution < -0.4 is 4.90 Å². The fraction of sp³-hybridized carbons (Fsp3) is 0.529. The lowest BCUT2D eigenvalue weighted by Crippen LogP contribution is -2.57. The van der Waals surface area contributed by atoms with Crippen LogP contribution in [0.4, 0.5) is 5.69 Å². The largest absolute Gasteiger partial charge is 0.366 e. The Kier molecular flexibility index (Phi) is 4.04. The highest BCUT2D eigenvalue weighted by Crippen LogP contribution is 2.37. The lowest BCUT2D eigenvalue weighted by Gasteiger charge is -2.48. The van der Waals surface area contributed by atoms with Gasteiger partial charge >= 0.3 is 0 Å². The zero-order chi connectivity index (χ0) is 16.8. The number of anilines is 1. The van der Waals surface area contributed by atoms with Gasteiger partial charge in [-0.2, -0.15) is 0 Å². The summed E-state index contributed by atoms with van der Waals surface area (Å²) >= 11 is 0. The normalized spacial score (nSPS) is 21.7. The smallest absolute Gasteiger partial charge is 0.147 e. The van der Waals surface area contributed by atoms with Gasteiger partial charge in [-0.1, -0.05) is 13.8 Å². The molecule has 0 saturated carbocycles. The maximum atomic E-state index is 11.5. The highest BCUT2D eigenvalue weighted by molar-refractivity contribution is 7.90. The van der Waals surface area contributed by atoms with Gasteiger partial charge in [-0.05, 0) is 18.9 Å². The molecule has 1 aliphatic rings. The van der Waals surface area contributed by atoms with Gasteiger partial charge in [0.25, 0.3) is 0 Å². The van der Waals surface area contributed by atoms with Gasteiger partial charge in [0.2, 0.25) is 0 Å². The molecule has 1 saturated heterocycles. The Morgan fingerprint density at radius 2 is 2.04 bits per heavy atom. The Bertz CT molecular complexity index is 833. The Morgan fingerprint density at radius 1 is 1.30 bits per heavy atom. The molecule has 0 aromatic carbocycles. The van der Waals surface area contributed by atoms with Gasteiger partial charge in [-0.15, -0.1) is 0 Å². The molecule has 0 bridgehead atoms. The highest BCUT2D eigenvalue weighted by atomic mass is 32.2. The second kappa shape index (κ2) is 5.74. The number of hydrogen-bond donors (Lipinski definition) is 0. The second-order valence-electron chi connectivity index (χ2n) is 6.85. The molecule has 1 fully saturated rings. The summed E-state index contributed by atoms with van der Waals surface area (Å²) in [6.07, 6.45) is 6.90. The quantitative estimate of drug-likeness (QED) is 0.860. The molecule has 0 spiro atoms. The Hall–Kier alpha value is -1.69. The lowest BCUT2D eigenvalue weighted by molar-refractivity contribution is 0.341. The van der Waals surface area contributed by atoms with Gasteiger partial charge < -0.3 is 4.90 Å². The monoisotopic (exact) mass is 333 g/mol. The van der Waals surface area contributed by atoms with Crippen LogP contribution in [0.1, 0.15) is 32.4 Å². The maximum Gasteiger partial charge on any atom is 0.147 e. The van der Waals surface area contributed by atoms with Crippen LogP contribution in [0.15, 0.2) is 24.7 Å². The third-order valence-electron chi connectivity index (χ3n) is 4.68. The van der Waals surface area contributed by atoms with Gasteiger partial charge in [-0.25, -0.2) is 8.42 Å². The molecular weight excluding hydrogens is 310 g/mol. The predicted octanol–water partition coefficient (Wildman–Crippen LogP) is 2.62. The first-order valence-electron chi connectivity index (χ1n) is 7.95. The van der Waals surface area contributed by atoms with E-state index in [0.717, 1.165) is 28.7 Å². The molecule has 0 N–H and O–H groups in total. The van der Waals surface area contributed by atoms with E-state index in [1.165, 1.54) is 6.26 Å². The van der Waals surface area contributed by atoms with Crippen LogP contribution in [0.2, 0.25) is 0 Å². The topological polar surface area (TPSA) is 63.2 Å². The molecule has 2 atom stereocenters. The van der Waals surface area contributed by atoms with Crippen LogP contribution in [0, 0.1) is 5.92 Å². The van der Waals surface area contributed by atoms with Crippen molar-refractivity contribution in [2.45, 2.75) is 32.7 Å². The van der Waals surface area contributed by atoms with Crippen molar-refractivity contribution in [3.63, 3.8) is 0 Å². The zero-order valence-electron chi connectivity index (χ0n) is 14.0. The first kappa shape index (κ1) is 16.2. The standard InChI is InChI=1S/C17H23N3O2S/c1-11(2)17-14-5-6-18-7-15(14)16(8-19-17)20-9-13(12(20)3)10-23(4,21)22/h5-8,11-13H,9-10H2,1-4H3/t12-,13-/m1/s1. The van der Waals surface area contributed by atoms with E-state index in [4.69, 9.17) is 0 Å². The molecule has 6 heteroatoms. The van der Waals surface area contributed by atoms with E-state index < -0.39 is 9.84 Å². The van der Waals surface area contributed by atoms with E-state index in [9.17, 15) is 8.42 Å². The summed E-state index contributed by atoms with van der Waals surface area (Å²) in [5, 5.41) is 2.22. The van der Waals surface area contributed by atoms with Crippen LogP contribution in [0.5, 0.6) is 0 Å². The van der Waals surface area contributed by atoms with Crippen LogP contribution in [-0.2, 0) is 9.84 Å². The van der Waals surface area contributed by atoms with Crippen molar-refractivity contribution in [1.29, 1.82) is 0 Å². The number of rotatable bonds is 4. The lowest BCUT2D eigenvalue weighted by atomic mass is 9.90. The number of fused-ring (bicyclic) bond motifs is 1. The molecule has 0 amide bonds. The molecule has 2 aromatic heterocycles. The summed E-state index contributed by atoms with van der Waals surface area (Å²) < 4.78 is 23.0. The van der Waals surface area contributed by atoms with Crippen LogP contribution in [0.3, 0.4) is 0 Å². The van der Waals surface area contributed by atoms with E-state index in [-0.39, 0.29) is 17.7 Å². The SMILES string of the molecule is CC(C)c1ncc(N2C[C@H](CS(C)(=O)=O)[C@H]2C)c2cnccc12. The average Bonchev–Trinajstić information content (AvgIpc) is 2.49. The number of hydrogen-bond acceptors (Lipinski definition) is 5. The van der Waals surface area contributed by atoms with Crippen LogP contribution in [-0.4, -0.2) is 43.0 Å². The molecule has 2 aromatic rings. The molecule has 5 nitrogen and oxygen atoms in total. The summed E-state index contributed by atoms with van der Waals surface area (Å²) in [6.45, 7) is 7.10. The van der Waals surface area contributed by atoms with Gasteiger partial charge in [0.05, 0.1) is 23.3 Å². The highest BCUT2D eigenvalue weighted by Gasteiger charge is 2.38. The molecule has 3 rings (SSSR count). The summed E-state index contributed by atoms with van der Waals surface area (Å²) in [7, 11) is -2.94. The predicted molar refractivity (Wildman–Crippen MR) is 93.6 cm³/mol. The Balaban J connectivity index is 1.95. The average molecular weight is 333 g/mol. The van der Waals surface area contributed by atoms with Crippen molar-refractivity contribution in [2.75, 3.05) is 23.5 Å². The number of pyridine rings is 2. The van der Waals surface area contributed by atoms with Gasteiger partial charge in [0.1, 0.15) is 9.84 Å². The van der Waals surface area contributed by atoms with Crippen LogP contribution >= 0.6 is 0 Å². The van der Waals surface area contributed by atoms with Gasteiger partial charge in [-0.3, -0.25) is 9.97 Å². The molecule has 0 unspecified atom stereocenters. The van der Waals surface area contributed by atoms with Crippen molar-refractivity contribution in [3.8, 4) is 0 Å². The second-order valence-corrected chi connectivity index (χ2v) is 9.03. The fourth-order valence-electron chi connectivity index (χ4n) is 3.37. The third-order valence-corrected chi connectivity index (χ3v) is 5.71. The van der Waals surface area contributed by atoms with Crippen molar-refractivity contribution in [2.24, 2.45) is 5.92 Å². The van der Waals surface area contributed by atoms with E-state index in [2.05, 4.69) is 35.6 Å².